The van der Waals surface area contributed by atoms with Crippen LogP contribution in [0.4, 0.5) is 0 Å². The van der Waals surface area contributed by atoms with Gasteiger partial charge in [-0.1, -0.05) is 25.4 Å². The van der Waals surface area contributed by atoms with Crippen LogP contribution in [0.2, 0.25) is 5.02 Å². The molecule has 0 atom stereocenters. The minimum atomic E-state index is 0.406. The first-order valence-electron chi connectivity index (χ1n) is 6.60. The molecule has 0 aliphatic carbocycles. The second-order valence-corrected chi connectivity index (χ2v) is 5.66. The maximum atomic E-state index is 6.19. The quantitative estimate of drug-likeness (QED) is 0.856. The fourth-order valence-corrected chi connectivity index (χ4v) is 2.87. The van der Waals surface area contributed by atoms with E-state index in [0.717, 1.165) is 41.7 Å². The van der Waals surface area contributed by atoms with E-state index in [0.29, 0.717) is 5.92 Å². The minimum Gasteiger partial charge on any atom is -0.493 e. The van der Waals surface area contributed by atoms with Crippen LogP contribution in [0.3, 0.4) is 0 Å². The molecule has 1 aliphatic rings. The lowest BCUT2D eigenvalue weighted by atomic mass is 10.1. The van der Waals surface area contributed by atoms with Crippen LogP contribution in [-0.2, 0) is 13.0 Å². The Hall–Kier alpha value is -1.48. The Morgan fingerprint density at radius 3 is 3.05 bits per heavy atom. The molecule has 4 heteroatoms. The van der Waals surface area contributed by atoms with Crippen molar-refractivity contribution in [3.05, 3.63) is 46.5 Å². The van der Waals surface area contributed by atoms with Gasteiger partial charge in [-0.25, -0.2) is 4.98 Å². The molecule has 0 spiro atoms. The maximum Gasteiger partial charge on any atom is 0.127 e. The van der Waals surface area contributed by atoms with Crippen LogP contribution in [0.5, 0.6) is 5.75 Å². The van der Waals surface area contributed by atoms with E-state index in [2.05, 4.69) is 23.4 Å². The van der Waals surface area contributed by atoms with E-state index in [1.54, 1.807) is 0 Å². The van der Waals surface area contributed by atoms with Crippen LogP contribution >= 0.6 is 11.6 Å². The number of benzene rings is 1. The third-order valence-corrected chi connectivity index (χ3v) is 3.65. The molecular formula is C15H17ClN2O. The van der Waals surface area contributed by atoms with Crippen molar-refractivity contribution in [3.63, 3.8) is 0 Å². The van der Waals surface area contributed by atoms with Gasteiger partial charge in [0.1, 0.15) is 11.6 Å². The number of rotatable bonds is 3. The molecule has 2 aromatic rings. The number of imidazole rings is 1. The average Bonchev–Trinajstić information content (AvgIpc) is 2.96. The van der Waals surface area contributed by atoms with Crippen molar-refractivity contribution in [1.29, 1.82) is 0 Å². The molecular weight excluding hydrogens is 260 g/mol. The normalized spacial score (nSPS) is 13.7. The van der Waals surface area contributed by atoms with E-state index in [9.17, 15) is 0 Å². The Bertz CT molecular complexity index is 604. The monoisotopic (exact) mass is 276 g/mol. The van der Waals surface area contributed by atoms with Crippen molar-refractivity contribution < 1.29 is 4.74 Å². The molecule has 3 rings (SSSR count). The van der Waals surface area contributed by atoms with Crippen molar-refractivity contribution in [2.24, 2.45) is 0 Å². The molecule has 0 bridgehead atoms. The van der Waals surface area contributed by atoms with Gasteiger partial charge in [-0.2, -0.15) is 0 Å². The van der Waals surface area contributed by atoms with Crippen LogP contribution in [0.1, 0.15) is 36.7 Å². The molecule has 0 N–H and O–H groups in total. The van der Waals surface area contributed by atoms with Crippen LogP contribution in [0.25, 0.3) is 0 Å². The molecule has 0 amide bonds. The SMILES string of the molecule is CC(C)c1nccn1Cc1cc(Cl)cc2c1OCC2. The molecule has 0 radical (unpaired) electrons. The first-order valence-corrected chi connectivity index (χ1v) is 6.98. The maximum absolute atomic E-state index is 6.19. The van der Waals surface area contributed by atoms with Crippen molar-refractivity contribution >= 4 is 11.6 Å². The van der Waals surface area contributed by atoms with Crippen molar-refractivity contribution in [1.82, 2.24) is 9.55 Å². The first-order chi connectivity index (χ1) is 9.15. The van der Waals surface area contributed by atoms with Gasteiger partial charge in [-0.05, 0) is 17.7 Å². The molecule has 0 saturated heterocycles. The Balaban J connectivity index is 1.98. The first kappa shape index (κ1) is 12.5. The highest BCUT2D eigenvalue weighted by molar-refractivity contribution is 6.30. The van der Waals surface area contributed by atoms with Crippen molar-refractivity contribution in [2.45, 2.75) is 32.7 Å². The van der Waals surface area contributed by atoms with E-state index >= 15 is 0 Å². The average molecular weight is 277 g/mol. The zero-order valence-corrected chi connectivity index (χ0v) is 11.9. The molecule has 3 nitrogen and oxygen atoms in total. The number of aromatic nitrogens is 2. The molecule has 1 aromatic heterocycles. The molecule has 2 heterocycles. The zero-order valence-electron chi connectivity index (χ0n) is 11.2. The molecule has 1 aliphatic heterocycles. The summed E-state index contributed by atoms with van der Waals surface area (Å²) >= 11 is 6.19. The fraction of sp³-hybridized carbons (Fsp3) is 0.400. The Labute approximate surface area is 118 Å². The second kappa shape index (κ2) is 4.89. The third kappa shape index (κ3) is 2.35. The van der Waals surface area contributed by atoms with E-state index in [-0.39, 0.29) is 0 Å². The van der Waals surface area contributed by atoms with Crippen LogP contribution in [0.15, 0.2) is 24.5 Å². The summed E-state index contributed by atoms with van der Waals surface area (Å²) in [6.45, 7) is 5.81. The second-order valence-electron chi connectivity index (χ2n) is 5.22. The van der Waals surface area contributed by atoms with Gasteiger partial charge >= 0.3 is 0 Å². The highest BCUT2D eigenvalue weighted by Crippen LogP contribution is 2.33. The number of halogens is 1. The lowest BCUT2D eigenvalue weighted by Gasteiger charge is -2.13. The fourth-order valence-electron chi connectivity index (χ4n) is 2.60. The summed E-state index contributed by atoms with van der Waals surface area (Å²) in [5.41, 5.74) is 2.36. The third-order valence-electron chi connectivity index (χ3n) is 3.43. The topological polar surface area (TPSA) is 27.1 Å². The Kier molecular flexibility index (Phi) is 3.23. The Morgan fingerprint density at radius 1 is 1.42 bits per heavy atom. The number of hydrogen-bond donors (Lipinski definition) is 0. The predicted octanol–water partition coefficient (Wildman–Crippen LogP) is 3.64. The molecule has 100 valence electrons. The number of fused-ring (bicyclic) bond motifs is 1. The summed E-state index contributed by atoms with van der Waals surface area (Å²) in [6, 6.07) is 4.00. The number of nitrogens with zero attached hydrogens (tertiary/aromatic N) is 2. The van der Waals surface area contributed by atoms with E-state index in [4.69, 9.17) is 16.3 Å². The molecule has 0 saturated carbocycles. The summed E-state index contributed by atoms with van der Waals surface area (Å²) in [5, 5.41) is 0.783. The van der Waals surface area contributed by atoms with Crippen LogP contribution < -0.4 is 4.74 Å². The highest BCUT2D eigenvalue weighted by Gasteiger charge is 2.18. The van der Waals surface area contributed by atoms with Gasteiger partial charge in [0.05, 0.1) is 13.2 Å². The van der Waals surface area contributed by atoms with Crippen LogP contribution in [-0.4, -0.2) is 16.2 Å². The van der Waals surface area contributed by atoms with E-state index in [1.165, 1.54) is 5.56 Å². The van der Waals surface area contributed by atoms with Crippen molar-refractivity contribution in [2.75, 3.05) is 6.61 Å². The molecule has 0 unspecified atom stereocenters. The number of ether oxygens (including phenoxy) is 1. The van der Waals surface area contributed by atoms with Gasteiger partial charge in [0.15, 0.2) is 0 Å². The lowest BCUT2D eigenvalue weighted by Crippen LogP contribution is -2.07. The minimum absolute atomic E-state index is 0.406. The highest BCUT2D eigenvalue weighted by atomic mass is 35.5. The summed E-state index contributed by atoms with van der Waals surface area (Å²) in [7, 11) is 0. The van der Waals surface area contributed by atoms with E-state index < -0.39 is 0 Å². The molecule has 1 aromatic carbocycles. The van der Waals surface area contributed by atoms with Crippen LogP contribution in [0, 0.1) is 0 Å². The van der Waals surface area contributed by atoms with Gasteiger partial charge in [0.2, 0.25) is 0 Å². The zero-order chi connectivity index (χ0) is 13.4. The lowest BCUT2D eigenvalue weighted by molar-refractivity contribution is 0.352. The summed E-state index contributed by atoms with van der Waals surface area (Å²) in [6.07, 6.45) is 4.81. The van der Waals surface area contributed by atoms with Gasteiger partial charge in [0, 0.05) is 35.3 Å². The van der Waals surface area contributed by atoms with E-state index in [1.807, 2.05) is 24.5 Å². The molecule has 19 heavy (non-hydrogen) atoms. The van der Waals surface area contributed by atoms with Crippen molar-refractivity contribution in [3.8, 4) is 5.75 Å². The van der Waals surface area contributed by atoms with Gasteiger partial charge < -0.3 is 9.30 Å². The largest absolute Gasteiger partial charge is 0.493 e. The number of hydrogen-bond acceptors (Lipinski definition) is 2. The molecule has 0 fully saturated rings. The Morgan fingerprint density at radius 2 is 2.26 bits per heavy atom. The standard InChI is InChI=1S/C15H17ClN2O/c1-10(2)15-17-4-5-18(15)9-12-8-13(16)7-11-3-6-19-14(11)12/h4-5,7-8,10H,3,6,9H2,1-2H3. The van der Waals surface area contributed by atoms with Gasteiger partial charge in [-0.15, -0.1) is 0 Å². The van der Waals surface area contributed by atoms with Gasteiger partial charge in [-0.3, -0.25) is 0 Å². The summed E-state index contributed by atoms with van der Waals surface area (Å²) in [5.74, 6) is 2.50. The summed E-state index contributed by atoms with van der Waals surface area (Å²) < 4.78 is 7.91. The predicted molar refractivity (Wildman–Crippen MR) is 76.1 cm³/mol. The van der Waals surface area contributed by atoms with Gasteiger partial charge in [0.25, 0.3) is 0 Å². The summed E-state index contributed by atoms with van der Waals surface area (Å²) in [4.78, 5) is 4.42. The smallest absolute Gasteiger partial charge is 0.127 e.